The van der Waals surface area contributed by atoms with E-state index in [0.717, 1.165) is 25.3 Å². The first-order valence-electron chi connectivity index (χ1n) is 9.44. The van der Waals surface area contributed by atoms with Gasteiger partial charge in [-0.25, -0.2) is 0 Å². The number of aryl methyl sites for hydroxylation is 1. The number of rotatable bonds is 5. The quantitative estimate of drug-likeness (QED) is 0.863. The number of hydrogen-bond acceptors (Lipinski definition) is 3. The first-order chi connectivity index (χ1) is 11.6. The van der Waals surface area contributed by atoms with Crippen LogP contribution in [0, 0.1) is 5.92 Å². The van der Waals surface area contributed by atoms with E-state index in [4.69, 9.17) is 4.74 Å². The molecule has 2 aliphatic rings. The smallest absolute Gasteiger partial charge is 0.119 e. The molecule has 0 saturated carbocycles. The van der Waals surface area contributed by atoms with Gasteiger partial charge in [0.15, 0.2) is 0 Å². The van der Waals surface area contributed by atoms with Gasteiger partial charge in [-0.15, -0.1) is 0 Å². The molecule has 0 aromatic heterocycles. The van der Waals surface area contributed by atoms with Gasteiger partial charge in [-0.05, 0) is 73.9 Å². The number of ether oxygens (including phenoxy) is 1. The Balaban J connectivity index is 1.97. The molecule has 1 aliphatic carbocycles. The summed E-state index contributed by atoms with van der Waals surface area (Å²) in [5, 5.41) is 7.32. The summed E-state index contributed by atoms with van der Waals surface area (Å²) in [4.78, 5) is 0. The van der Waals surface area contributed by atoms with Crippen LogP contribution in [0.25, 0.3) is 5.57 Å². The van der Waals surface area contributed by atoms with Crippen molar-refractivity contribution in [3.8, 4) is 5.75 Å². The maximum absolute atomic E-state index is 5.44. The molecule has 1 aliphatic heterocycles. The van der Waals surface area contributed by atoms with E-state index in [1.165, 1.54) is 30.4 Å². The topological polar surface area (TPSA) is 33.3 Å². The molecule has 3 nitrogen and oxygen atoms in total. The van der Waals surface area contributed by atoms with Crippen LogP contribution in [0.1, 0.15) is 51.2 Å². The van der Waals surface area contributed by atoms with Crippen molar-refractivity contribution in [2.24, 2.45) is 5.92 Å². The van der Waals surface area contributed by atoms with E-state index in [1.807, 2.05) is 0 Å². The first-order valence-corrected chi connectivity index (χ1v) is 9.44. The van der Waals surface area contributed by atoms with Gasteiger partial charge >= 0.3 is 0 Å². The summed E-state index contributed by atoms with van der Waals surface area (Å²) in [5.74, 6) is 1.69. The first kappa shape index (κ1) is 17.5. The summed E-state index contributed by atoms with van der Waals surface area (Å²) in [6.07, 6.45) is 4.83. The fourth-order valence-corrected chi connectivity index (χ4v) is 4.42. The van der Waals surface area contributed by atoms with Gasteiger partial charge in [0.2, 0.25) is 0 Å². The highest BCUT2D eigenvalue weighted by molar-refractivity contribution is 5.75. The lowest BCUT2D eigenvalue weighted by Gasteiger charge is -2.30. The Labute approximate surface area is 146 Å². The number of benzene rings is 1. The zero-order valence-electron chi connectivity index (χ0n) is 15.6. The zero-order chi connectivity index (χ0) is 17.1. The van der Waals surface area contributed by atoms with Gasteiger partial charge in [-0.1, -0.05) is 25.5 Å². The molecule has 0 saturated heterocycles. The van der Waals surface area contributed by atoms with E-state index < -0.39 is 0 Å². The van der Waals surface area contributed by atoms with E-state index >= 15 is 0 Å². The van der Waals surface area contributed by atoms with Crippen molar-refractivity contribution in [3.63, 3.8) is 0 Å². The summed E-state index contributed by atoms with van der Waals surface area (Å²) in [7, 11) is 1.76. The summed E-state index contributed by atoms with van der Waals surface area (Å²) in [5.41, 5.74) is 6.16. The molecule has 2 unspecified atom stereocenters. The summed E-state index contributed by atoms with van der Waals surface area (Å²) < 4.78 is 5.44. The lowest BCUT2D eigenvalue weighted by atomic mass is 9.75. The number of fused-ring (bicyclic) bond motifs is 3. The molecule has 1 heterocycles. The van der Waals surface area contributed by atoms with Gasteiger partial charge in [0.05, 0.1) is 7.11 Å². The molecule has 132 valence electrons. The monoisotopic (exact) mass is 328 g/mol. The average molecular weight is 328 g/mol. The third-order valence-electron chi connectivity index (χ3n) is 5.33. The minimum Gasteiger partial charge on any atom is -0.497 e. The van der Waals surface area contributed by atoms with E-state index in [-0.39, 0.29) is 0 Å². The van der Waals surface area contributed by atoms with Crippen LogP contribution in [0.5, 0.6) is 5.75 Å². The summed E-state index contributed by atoms with van der Waals surface area (Å²) >= 11 is 0. The number of methoxy groups -OCH3 is 1. The molecule has 0 bridgehead atoms. The Morgan fingerprint density at radius 1 is 1.25 bits per heavy atom. The molecule has 0 amide bonds. The Hall–Kier alpha value is -1.32. The predicted octanol–water partition coefficient (Wildman–Crippen LogP) is 3.78. The molecule has 1 aromatic rings. The van der Waals surface area contributed by atoms with Crippen LogP contribution < -0.4 is 15.4 Å². The van der Waals surface area contributed by atoms with Crippen molar-refractivity contribution in [2.75, 3.05) is 20.2 Å². The minimum atomic E-state index is 0.511. The SMILES string of the molecule is COc1ccc2c(c1)CCC1CCNCC(CC(C)NC(C)C)=C21. The third kappa shape index (κ3) is 3.84. The van der Waals surface area contributed by atoms with Crippen molar-refractivity contribution in [1.29, 1.82) is 0 Å². The highest BCUT2D eigenvalue weighted by Crippen LogP contribution is 2.42. The summed E-state index contributed by atoms with van der Waals surface area (Å²) in [6, 6.07) is 7.70. The second-order valence-corrected chi connectivity index (χ2v) is 7.67. The van der Waals surface area contributed by atoms with Crippen molar-refractivity contribution in [3.05, 3.63) is 34.9 Å². The van der Waals surface area contributed by atoms with E-state index in [1.54, 1.807) is 18.3 Å². The molecule has 2 N–H and O–H groups in total. The van der Waals surface area contributed by atoms with Gasteiger partial charge in [-0.3, -0.25) is 0 Å². The molecule has 24 heavy (non-hydrogen) atoms. The average Bonchev–Trinajstić information content (AvgIpc) is 2.76. The second kappa shape index (κ2) is 7.71. The predicted molar refractivity (Wildman–Crippen MR) is 102 cm³/mol. The van der Waals surface area contributed by atoms with Crippen molar-refractivity contribution in [1.82, 2.24) is 10.6 Å². The Morgan fingerprint density at radius 3 is 2.83 bits per heavy atom. The molecular formula is C21H32N2O. The molecule has 3 rings (SSSR count). The molecule has 0 fully saturated rings. The molecular weight excluding hydrogens is 296 g/mol. The van der Waals surface area contributed by atoms with Crippen molar-refractivity contribution < 1.29 is 4.74 Å². The Kier molecular flexibility index (Phi) is 5.62. The fraction of sp³-hybridized carbons (Fsp3) is 0.619. The number of nitrogens with one attached hydrogen (secondary N) is 2. The Morgan fingerprint density at radius 2 is 2.08 bits per heavy atom. The van der Waals surface area contributed by atoms with Crippen LogP contribution in [0.2, 0.25) is 0 Å². The van der Waals surface area contributed by atoms with Crippen molar-refractivity contribution in [2.45, 2.75) is 58.5 Å². The molecule has 2 atom stereocenters. The molecule has 3 heteroatoms. The van der Waals surface area contributed by atoms with Gasteiger partial charge in [0.25, 0.3) is 0 Å². The van der Waals surface area contributed by atoms with E-state index in [2.05, 4.69) is 49.6 Å². The van der Waals surface area contributed by atoms with Crippen LogP contribution >= 0.6 is 0 Å². The molecule has 1 aromatic carbocycles. The van der Waals surface area contributed by atoms with Gasteiger partial charge in [0.1, 0.15) is 5.75 Å². The normalized spacial score (nSPS) is 22.0. The maximum Gasteiger partial charge on any atom is 0.119 e. The van der Waals surface area contributed by atoms with Crippen LogP contribution in [0.4, 0.5) is 0 Å². The van der Waals surface area contributed by atoms with E-state index in [9.17, 15) is 0 Å². The van der Waals surface area contributed by atoms with Crippen LogP contribution in [-0.4, -0.2) is 32.3 Å². The Bertz CT molecular complexity index is 606. The van der Waals surface area contributed by atoms with Crippen LogP contribution in [0.15, 0.2) is 23.8 Å². The molecule has 0 radical (unpaired) electrons. The number of allylic oxidation sites excluding steroid dienone is 1. The second-order valence-electron chi connectivity index (χ2n) is 7.67. The standard InChI is InChI=1S/C21H32N2O/c1-14(2)23-15(3)11-18-13-22-10-9-16-5-6-17-12-19(24-4)7-8-20(17)21(16)18/h7-8,12,14-16,22-23H,5-6,9-11,13H2,1-4H3. The van der Waals surface area contributed by atoms with Crippen LogP contribution in [0.3, 0.4) is 0 Å². The third-order valence-corrected chi connectivity index (χ3v) is 5.33. The van der Waals surface area contributed by atoms with Crippen LogP contribution in [-0.2, 0) is 6.42 Å². The molecule has 0 spiro atoms. The van der Waals surface area contributed by atoms with E-state index in [0.29, 0.717) is 18.0 Å². The van der Waals surface area contributed by atoms with Gasteiger partial charge in [0, 0.05) is 18.6 Å². The maximum atomic E-state index is 5.44. The van der Waals surface area contributed by atoms with Gasteiger partial charge < -0.3 is 15.4 Å². The lowest BCUT2D eigenvalue weighted by molar-refractivity contribution is 0.413. The van der Waals surface area contributed by atoms with Gasteiger partial charge in [-0.2, -0.15) is 0 Å². The highest BCUT2D eigenvalue weighted by Gasteiger charge is 2.28. The lowest BCUT2D eigenvalue weighted by Crippen LogP contribution is -2.33. The zero-order valence-corrected chi connectivity index (χ0v) is 15.6. The highest BCUT2D eigenvalue weighted by atomic mass is 16.5. The summed E-state index contributed by atoms with van der Waals surface area (Å²) in [6.45, 7) is 8.93. The minimum absolute atomic E-state index is 0.511. The largest absolute Gasteiger partial charge is 0.497 e. The fourth-order valence-electron chi connectivity index (χ4n) is 4.42. The van der Waals surface area contributed by atoms with Crippen molar-refractivity contribution >= 4 is 5.57 Å². The number of hydrogen-bond donors (Lipinski definition) is 2.